The van der Waals surface area contributed by atoms with Crippen LogP contribution in [0.15, 0.2) is 66.7 Å². The molecular weight excluding hydrogens is 545 g/mol. The van der Waals surface area contributed by atoms with Gasteiger partial charge in [-0.05, 0) is 73.9 Å². The molecule has 0 unspecified atom stereocenters. The molecule has 6 rings (SSSR count). The number of amides is 2. The summed E-state index contributed by atoms with van der Waals surface area (Å²) >= 11 is 0. The molecule has 226 valence electrons. The lowest BCUT2D eigenvalue weighted by molar-refractivity contribution is -0.117. The minimum atomic E-state index is -0.901. The van der Waals surface area contributed by atoms with Gasteiger partial charge in [-0.15, -0.1) is 0 Å². The van der Waals surface area contributed by atoms with Gasteiger partial charge in [-0.1, -0.05) is 49.4 Å². The summed E-state index contributed by atoms with van der Waals surface area (Å²) in [6.45, 7) is 2.83. The Hall–Kier alpha value is -3.75. The molecule has 3 atom stereocenters. The third-order valence-corrected chi connectivity index (χ3v) is 9.25. The van der Waals surface area contributed by atoms with E-state index in [4.69, 9.17) is 4.74 Å². The Kier molecular flexibility index (Phi) is 8.50. The summed E-state index contributed by atoms with van der Waals surface area (Å²) in [6, 6.07) is 19.6. The van der Waals surface area contributed by atoms with E-state index in [1.165, 1.54) is 28.7 Å². The first kappa shape index (κ1) is 29.3. The smallest absolute Gasteiger partial charge is 0.251 e. The van der Waals surface area contributed by atoms with Crippen LogP contribution in [0.1, 0.15) is 78.5 Å². The lowest BCUT2D eigenvalue weighted by atomic mass is 9.72. The Labute approximate surface area is 252 Å². The average molecular weight is 586 g/mol. The van der Waals surface area contributed by atoms with Gasteiger partial charge in [0.25, 0.3) is 5.91 Å². The fraction of sp³-hybridized carbons (Fsp3) is 0.429. The van der Waals surface area contributed by atoms with E-state index in [0.717, 1.165) is 49.0 Å². The number of ether oxygens (including phenoxy) is 1. The van der Waals surface area contributed by atoms with Crippen LogP contribution in [0.2, 0.25) is 0 Å². The SMILES string of the molecule is CCc1ccc2c(c1)[C@@H](NC[C@H](O)[C@H](Cc1ccccc1)NC(=O)c1ccc(F)c(N3CCCC3=O)c1)CC1(CCC1)O2. The Bertz CT molecular complexity index is 1480. The molecule has 1 saturated heterocycles. The average Bonchev–Trinajstić information content (AvgIpc) is 3.44. The number of aliphatic hydroxyl groups excluding tert-OH is 1. The first-order chi connectivity index (χ1) is 20.8. The van der Waals surface area contributed by atoms with Gasteiger partial charge in [0.15, 0.2) is 0 Å². The minimum Gasteiger partial charge on any atom is -0.487 e. The van der Waals surface area contributed by atoms with Crippen molar-refractivity contribution in [2.75, 3.05) is 18.0 Å². The van der Waals surface area contributed by atoms with Crippen LogP contribution in [0.4, 0.5) is 10.1 Å². The number of halogens is 1. The number of benzene rings is 3. The monoisotopic (exact) mass is 585 g/mol. The first-order valence-electron chi connectivity index (χ1n) is 15.5. The highest BCUT2D eigenvalue weighted by Gasteiger charge is 2.45. The Morgan fingerprint density at radius 3 is 2.60 bits per heavy atom. The van der Waals surface area contributed by atoms with E-state index >= 15 is 0 Å². The van der Waals surface area contributed by atoms with Crippen LogP contribution in [0, 0.1) is 5.82 Å². The van der Waals surface area contributed by atoms with Crippen LogP contribution in [0.5, 0.6) is 5.75 Å². The molecule has 1 spiro atoms. The van der Waals surface area contributed by atoms with Crippen LogP contribution in [0.3, 0.4) is 0 Å². The van der Waals surface area contributed by atoms with Crippen molar-refractivity contribution in [3.05, 3.63) is 94.8 Å². The number of anilines is 1. The summed E-state index contributed by atoms with van der Waals surface area (Å²) in [6.07, 6.45) is 5.51. The van der Waals surface area contributed by atoms with Crippen molar-refractivity contribution in [2.45, 2.75) is 82.1 Å². The predicted octanol–water partition coefficient (Wildman–Crippen LogP) is 5.25. The second-order valence-electron chi connectivity index (χ2n) is 12.2. The number of carbonyl (C=O) groups excluding carboxylic acids is 2. The van der Waals surface area contributed by atoms with Gasteiger partial charge in [-0.25, -0.2) is 4.39 Å². The molecule has 0 radical (unpaired) electrons. The van der Waals surface area contributed by atoms with Gasteiger partial charge in [0.05, 0.1) is 17.8 Å². The molecule has 2 fully saturated rings. The molecule has 2 heterocycles. The minimum absolute atomic E-state index is 0.0240. The zero-order valence-corrected chi connectivity index (χ0v) is 24.7. The van der Waals surface area contributed by atoms with Crippen LogP contribution in [-0.4, -0.2) is 47.8 Å². The highest BCUT2D eigenvalue weighted by Crippen LogP contribution is 2.49. The van der Waals surface area contributed by atoms with Crippen molar-refractivity contribution in [2.24, 2.45) is 0 Å². The van der Waals surface area contributed by atoms with Crippen molar-refractivity contribution in [1.29, 1.82) is 0 Å². The van der Waals surface area contributed by atoms with Crippen molar-refractivity contribution in [3.63, 3.8) is 0 Å². The molecule has 3 aliphatic rings. The van der Waals surface area contributed by atoms with Crippen LogP contribution >= 0.6 is 0 Å². The quantitative estimate of drug-likeness (QED) is 0.302. The number of aliphatic hydroxyl groups is 1. The lowest BCUT2D eigenvalue weighted by Crippen LogP contribution is -2.52. The van der Waals surface area contributed by atoms with Gasteiger partial charge in [-0.2, -0.15) is 0 Å². The third-order valence-electron chi connectivity index (χ3n) is 9.25. The number of hydrogen-bond acceptors (Lipinski definition) is 5. The van der Waals surface area contributed by atoms with Gasteiger partial charge in [0.1, 0.15) is 17.2 Å². The van der Waals surface area contributed by atoms with Gasteiger partial charge in [-0.3, -0.25) is 9.59 Å². The number of carbonyl (C=O) groups is 2. The second-order valence-corrected chi connectivity index (χ2v) is 12.2. The maximum atomic E-state index is 14.7. The van der Waals surface area contributed by atoms with Gasteiger partial charge < -0.3 is 25.4 Å². The van der Waals surface area contributed by atoms with E-state index in [2.05, 4.69) is 35.8 Å². The number of aryl methyl sites for hydroxylation is 1. The number of nitrogens with zero attached hydrogens (tertiary/aromatic N) is 1. The van der Waals surface area contributed by atoms with E-state index in [9.17, 15) is 19.1 Å². The number of fused-ring (bicyclic) bond motifs is 1. The highest BCUT2D eigenvalue weighted by atomic mass is 19.1. The Morgan fingerprint density at radius 2 is 1.91 bits per heavy atom. The molecule has 2 aliphatic heterocycles. The molecule has 43 heavy (non-hydrogen) atoms. The lowest BCUT2D eigenvalue weighted by Gasteiger charge is -2.48. The first-order valence-corrected chi connectivity index (χ1v) is 15.5. The number of nitrogens with one attached hydrogen (secondary N) is 2. The van der Waals surface area contributed by atoms with Crippen molar-refractivity contribution >= 4 is 17.5 Å². The molecule has 7 nitrogen and oxygen atoms in total. The summed E-state index contributed by atoms with van der Waals surface area (Å²) in [5.41, 5.74) is 3.54. The molecular formula is C35H40FN3O4. The number of rotatable bonds is 10. The molecule has 0 bridgehead atoms. The fourth-order valence-corrected chi connectivity index (χ4v) is 6.57. The van der Waals surface area contributed by atoms with Crippen LogP contribution in [0.25, 0.3) is 0 Å². The van der Waals surface area contributed by atoms with Gasteiger partial charge in [0, 0.05) is 43.1 Å². The Balaban J connectivity index is 1.20. The summed E-state index contributed by atoms with van der Waals surface area (Å²) in [5.74, 6) is -0.202. The fourth-order valence-electron chi connectivity index (χ4n) is 6.57. The van der Waals surface area contributed by atoms with E-state index in [-0.39, 0.29) is 35.3 Å². The second kappa shape index (κ2) is 12.5. The normalized spacial score (nSPS) is 20.2. The highest BCUT2D eigenvalue weighted by molar-refractivity contribution is 5.99. The topological polar surface area (TPSA) is 90.9 Å². The predicted molar refractivity (Wildman–Crippen MR) is 164 cm³/mol. The number of hydrogen-bond donors (Lipinski definition) is 3. The molecule has 3 aromatic rings. The standard InChI is InChI=1S/C35H40FN3O4/c1-2-23-11-14-32-26(18-23)29(21-35(43-32)15-7-16-35)37-22-31(40)28(19-24-8-4-3-5-9-24)38-34(42)25-12-13-27(36)30(20-25)39-17-6-10-33(39)41/h3-5,8-9,11-14,18,20,28-29,31,37,40H,2,6-7,10,15-17,19,21-22H2,1H3,(H,38,42)/t28-,29-,31-/m0/s1. The molecule has 1 aliphatic carbocycles. The zero-order chi connectivity index (χ0) is 30.0. The summed E-state index contributed by atoms with van der Waals surface area (Å²) < 4.78 is 21.1. The summed E-state index contributed by atoms with van der Waals surface area (Å²) in [7, 11) is 0. The van der Waals surface area contributed by atoms with Crippen molar-refractivity contribution in [3.8, 4) is 5.75 Å². The van der Waals surface area contributed by atoms with Crippen molar-refractivity contribution in [1.82, 2.24) is 10.6 Å². The molecule has 2 amide bonds. The molecule has 8 heteroatoms. The molecule has 3 N–H and O–H groups in total. The van der Waals surface area contributed by atoms with Crippen molar-refractivity contribution < 1.29 is 23.8 Å². The molecule has 3 aromatic carbocycles. The maximum absolute atomic E-state index is 14.7. The van der Waals surface area contributed by atoms with Crippen LogP contribution in [-0.2, 0) is 17.6 Å². The molecule has 1 saturated carbocycles. The van der Waals surface area contributed by atoms with Crippen LogP contribution < -0.4 is 20.3 Å². The Morgan fingerprint density at radius 1 is 1.09 bits per heavy atom. The van der Waals surface area contributed by atoms with E-state index < -0.39 is 23.9 Å². The maximum Gasteiger partial charge on any atom is 0.251 e. The van der Waals surface area contributed by atoms with E-state index in [0.29, 0.717) is 25.8 Å². The largest absolute Gasteiger partial charge is 0.487 e. The van der Waals surface area contributed by atoms with E-state index in [1.54, 1.807) is 0 Å². The van der Waals surface area contributed by atoms with Gasteiger partial charge >= 0.3 is 0 Å². The zero-order valence-electron chi connectivity index (χ0n) is 24.7. The summed E-state index contributed by atoms with van der Waals surface area (Å²) in [5, 5.41) is 18.2. The summed E-state index contributed by atoms with van der Waals surface area (Å²) in [4.78, 5) is 27.2. The van der Waals surface area contributed by atoms with E-state index in [1.807, 2.05) is 30.3 Å². The third kappa shape index (κ3) is 6.31. The molecule has 0 aromatic heterocycles. The van der Waals surface area contributed by atoms with Gasteiger partial charge in [0.2, 0.25) is 5.91 Å².